The van der Waals surface area contributed by atoms with Crippen LogP contribution >= 0.6 is 0 Å². The van der Waals surface area contributed by atoms with E-state index in [1.807, 2.05) is 0 Å². The number of rotatable bonds is 5. The van der Waals surface area contributed by atoms with E-state index in [9.17, 15) is 9.59 Å². The lowest BCUT2D eigenvalue weighted by Gasteiger charge is -2.12. The summed E-state index contributed by atoms with van der Waals surface area (Å²) in [7, 11) is 0. The van der Waals surface area contributed by atoms with E-state index in [-0.39, 0.29) is 19.2 Å². The lowest BCUT2D eigenvalue weighted by molar-refractivity contribution is -0.149. The first-order valence-corrected chi connectivity index (χ1v) is 6.23. The highest BCUT2D eigenvalue weighted by Crippen LogP contribution is 2.19. The first-order valence-electron chi connectivity index (χ1n) is 6.23. The van der Waals surface area contributed by atoms with Gasteiger partial charge in [0, 0.05) is 13.5 Å². The van der Waals surface area contributed by atoms with Crippen LogP contribution in [0.3, 0.4) is 0 Å². The van der Waals surface area contributed by atoms with Crippen molar-refractivity contribution in [3.8, 4) is 0 Å². The second-order valence-corrected chi connectivity index (χ2v) is 4.46. The molecule has 2 heterocycles. The molecule has 9 heteroatoms. The van der Waals surface area contributed by atoms with Crippen LogP contribution in [0.15, 0.2) is 4.52 Å². The first-order chi connectivity index (χ1) is 9.54. The molecule has 1 aromatic heterocycles. The molecule has 1 fully saturated rings. The number of urea groups is 1. The zero-order chi connectivity index (χ0) is 14.5. The molecule has 110 valence electrons. The molecule has 1 aliphatic rings. The van der Waals surface area contributed by atoms with Gasteiger partial charge >= 0.3 is 12.0 Å². The third-order valence-electron chi connectivity index (χ3n) is 2.85. The molecule has 3 N–H and O–H groups in total. The average molecular weight is 284 g/mol. The van der Waals surface area contributed by atoms with E-state index in [0.717, 1.165) is 0 Å². The number of aromatic nitrogens is 2. The van der Waals surface area contributed by atoms with Crippen LogP contribution in [-0.4, -0.2) is 46.0 Å². The molecule has 0 bridgehead atoms. The molecule has 0 aromatic carbocycles. The Morgan fingerprint density at radius 1 is 1.40 bits per heavy atom. The number of aryl methyl sites for hydroxylation is 1. The van der Waals surface area contributed by atoms with Gasteiger partial charge in [-0.2, -0.15) is 4.98 Å². The molecular formula is C11H16N4O5. The highest BCUT2D eigenvalue weighted by Gasteiger charge is 2.30. The predicted molar refractivity (Wildman–Crippen MR) is 64.8 cm³/mol. The molecule has 1 saturated heterocycles. The second-order valence-electron chi connectivity index (χ2n) is 4.46. The van der Waals surface area contributed by atoms with E-state index in [4.69, 9.17) is 14.4 Å². The molecule has 1 aromatic rings. The summed E-state index contributed by atoms with van der Waals surface area (Å²) in [6.45, 7) is 2.08. The summed E-state index contributed by atoms with van der Waals surface area (Å²) in [6.07, 6.45) is 0.0358. The molecular weight excluding hydrogens is 268 g/mol. The lowest BCUT2D eigenvalue weighted by atomic mass is 10.2. The summed E-state index contributed by atoms with van der Waals surface area (Å²) < 4.78 is 10.0. The normalized spacial score (nSPS) is 21.6. The fourth-order valence-electron chi connectivity index (χ4n) is 1.88. The van der Waals surface area contributed by atoms with Crippen molar-refractivity contribution in [3.63, 3.8) is 0 Å². The van der Waals surface area contributed by atoms with E-state index in [2.05, 4.69) is 20.8 Å². The number of carbonyl (C=O) groups excluding carboxylic acids is 1. The van der Waals surface area contributed by atoms with Gasteiger partial charge in [-0.1, -0.05) is 5.16 Å². The Morgan fingerprint density at radius 2 is 2.20 bits per heavy atom. The van der Waals surface area contributed by atoms with Crippen LogP contribution in [0.4, 0.5) is 4.79 Å². The molecule has 2 unspecified atom stereocenters. The zero-order valence-corrected chi connectivity index (χ0v) is 11.0. The van der Waals surface area contributed by atoms with Crippen LogP contribution in [0, 0.1) is 6.92 Å². The van der Waals surface area contributed by atoms with Gasteiger partial charge in [0.25, 0.3) is 0 Å². The lowest BCUT2D eigenvalue weighted by Crippen LogP contribution is -2.39. The van der Waals surface area contributed by atoms with Gasteiger partial charge in [-0.3, -0.25) is 0 Å². The Kier molecular flexibility index (Phi) is 4.51. The van der Waals surface area contributed by atoms with Gasteiger partial charge in [-0.05, 0) is 12.8 Å². The summed E-state index contributed by atoms with van der Waals surface area (Å²) >= 11 is 0. The molecule has 20 heavy (non-hydrogen) atoms. The maximum Gasteiger partial charge on any atom is 0.332 e. The van der Waals surface area contributed by atoms with Crippen molar-refractivity contribution in [3.05, 3.63) is 11.7 Å². The van der Waals surface area contributed by atoms with E-state index in [0.29, 0.717) is 24.6 Å². The molecule has 0 aliphatic carbocycles. The molecule has 1 aliphatic heterocycles. The van der Waals surface area contributed by atoms with Crippen molar-refractivity contribution in [2.75, 3.05) is 6.54 Å². The summed E-state index contributed by atoms with van der Waals surface area (Å²) in [4.78, 5) is 26.2. The first kappa shape index (κ1) is 14.3. The largest absolute Gasteiger partial charge is 0.479 e. The van der Waals surface area contributed by atoms with Crippen LogP contribution < -0.4 is 10.6 Å². The van der Waals surface area contributed by atoms with Gasteiger partial charge in [-0.25, -0.2) is 9.59 Å². The van der Waals surface area contributed by atoms with Gasteiger partial charge in [-0.15, -0.1) is 0 Å². The highest BCUT2D eigenvalue weighted by atomic mass is 16.5. The third-order valence-corrected chi connectivity index (χ3v) is 2.85. The van der Waals surface area contributed by atoms with Gasteiger partial charge in [0.15, 0.2) is 11.9 Å². The number of ether oxygens (including phenoxy) is 1. The Balaban J connectivity index is 1.64. The highest BCUT2D eigenvalue weighted by molar-refractivity contribution is 5.74. The average Bonchev–Trinajstić information content (AvgIpc) is 3.03. The number of hydrogen-bond donors (Lipinski definition) is 3. The Hall–Kier alpha value is -2.16. The number of hydrogen-bond acceptors (Lipinski definition) is 6. The molecule has 9 nitrogen and oxygen atoms in total. The molecule has 2 rings (SSSR count). The minimum absolute atomic E-state index is 0.159. The smallest absolute Gasteiger partial charge is 0.332 e. The van der Waals surface area contributed by atoms with Gasteiger partial charge < -0.3 is 25.0 Å². The summed E-state index contributed by atoms with van der Waals surface area (Å²) in [6, 6.07) is -0.394. The van der Waals surface area contributed by atoms with Crippen LogP contribution in [-0.2, 0) is 16.1 Å². The fraction of sp³-hybridized carbons (Fsp3) is 0.636. The van der Waals surface area contributed by atoms with Crippen molar-refractivity contribution in [1.82, 2.24) is 20.8 Å². The minimum Gasteiger partial charge on any atom is -0.479 e. The third kappa shape index (κ3) is 3.92. The van der Waals surface area contributed by atoms with Crippen molar-refractivity contribution >= 4 is 12.0 Å². The van der Waals surface area contributed by atoms with Gasteiger partial charge in [0.2, 0.25) is 5.89 Å². The van der Waals surface area contributed by atoms with Crippen LogP contribution in [0.1, 0.15) is 24.6 Å². The SMILES string of the molecule is Cc1nc(CNC(=O)NCC2CCC(C(=O)O)O2)no1. The van der Waals surface area contributed by atoms with Crippen LogP contribution in [0.25, 0.3) is 0 Å². The number of nitrogens with one attached hydrogen (secondary N) is 2. The van der Waals surface area contributed by atoms with Crippen molar-refractivity contribution in [2.45, 2.75) is 38.5 Å². The van der Waals surface area contributed by atoms with Crippen molar-refractivity contribution < 1.29 is 24.0 Å². The van der Waals surface area contributed by atoms with E-state index >= 15 is 0 Å². The molecule has 2 amide bonds. The van der Waals surface area contributed by atoms with Gasteiger partial charge in [0.05, 0.1) is 12.6 Å². The van der Waals surface area contributed by atoms with Gasteiger partial charge in [0.1, 0.15) is 0 Å². The number of carboxylic acid groups (broad SMARTS) is 1. The monoisotopic (exact) mass is 284 g/mol. The van der Waals surface area contributed by atoms with Crippen molar-refractivity contribution in [1.29, 1.82) is 0 Å². The number of aliphatic carboxylic acids is 1. The maximum absolute atomic E-state index is 11.5. The fourth-order valence-corrected chi connectivity index (χ4v) is 1.88. The number of carbonyl (C=O) groups is 2. The second kappa shape index (κ2) is 6.33. The Bertz CT molecular complexity index is 489. The van der Waals surface area contributed by atoms with Crippen LogP contribution in [0.2, 0.25) is 0 Å². The summed E-state index contributed by atoms with van der Waals surface area (Å²) in [5.41, 5.74) is 0. The predicted octanol–water partition coefficient (Wildman–Crippen LogP) is -0.191. The number of carboxylic acids is 1. The molecule has 0 radical (unpaired) electrons. The van der Waals surface area contributed by atoms with E-state index < -0.39 is 18.1 Å². The quantitative estimate of drug-likeness (QED) is 0.683. The van der Waals surface area contributed by atoms with Crippen molar-refractivity contribution in [2.24, 2.45) is 0 Å². The molecule has 0 spiro atoms. The zero-order valence-electron chi connectivity index (χ0n) is 11.0. The Labute approximate surface area is 114 Å². The number of nitrogens with zero attached hydrogens (tertiary/aromatic N) is 2. The van der Waals surface area contributed by atoms with E-state index in [1.54, 1.807) is 6.92 Å². The standard InChI is InChI=1S/C11H16N4O5/c1-6-14-9(15-20-6)5-13-11(18)12-4-7-2-3-8(19-7)10(16)17/h7-8H,2-5H2,1H3,(H,16,17)(H2,12,13,18). The van der Waals surface area contributed by atoms with E-state index in [1.165, 1.54) is 0 Å². The molecule has 2 atom stereocenters. The molecule has 0 saturated carbocycles. The topological polar surface area (TPSA) is 127 Å². The number of amides is 2. The Morgan fingerprint density at radius 3 is 2.80 bits per heavy atom. The summed E-state index contributed by atoms with van der Waals surface area (Å²) in [5, 5.41) is 17.6. The summed E-state index contributed by atoms with van der Waals surface area (Å²) in [5.74, 6) is -0.147. The van der Waals surface area contributed by atoms with Crippen LogP contribution in [0.5, 0.6) is 0 Å². The minimum atomic E-state index is -0.968. The maximum atomic E-state index is 11.5.